The average Bonchev–Trinajstić information content (AvgIpc) is 2.66. The van der Waals surface area contributed by atoms with Crippen LogP contribution in [0.5, 0.6) is 0 Å². The van der Waals surface area contributed by atoms with Gasteiger partial charge in [-0.05, 0) is 25.0 Å². The SMILES string of the molecule is O=C(CC1(C(=O)O)CCCCCC1)Nc1cccnc1. The van der Waals surface area contributed by atoms with Crippen molar-refractivity contribution in [2.75, 3.05) is 5.32 Å². The van der Waals surface area contributed by atoms with Gasteiger partial charge in [-0.15, -0.1) is 0 Å². The summed E-state index contributed by atoms with van der Waals surface area (Å²) in [6.45, 7) is 0. The van der Waals surface area contributed by atoms with Crippen LogP contribution in [0.4, 0.5) is 5.69 Å². The number of nitrogens with one attached hydrogen (secondary N) is 1. The van der Waals surface area contributed by atoms with Crippen LogP contribution in [-0.2, 0) is 9.59 Å². The first-order valence-corrected chi connectivity index (χ1v) is 7.06. The summed E-state index contributed by atoms with van der Waals surface area (Å²) in [6, 6.07) is 3.47. The largest absolute Gasteiger partial charge is 0.481 e. The van der Waals surface area contributed by atoms with Crippen LogP contribution in [-0.4, -0.2) is 22.0 Å². The van der Waals surface area contributed by atoms with Crippen LogP contribution in [0.1, 0.15) is 44.9 Å². The van der Waals surface area contributed by atoms with Crippen LogP contribution < -0.4 is 5.32 Å². The first-order chi connectivity index (χ1) is 9.62. The summed E-state index contributed by atoms with van der Waals surface area (Å²) in [7, 11) is 0. The van der Waals surface area contributed by atoms with E-state index in [2.05, 4.69) is 10.3 Å². The Bertz CT molecular complexity index is 465. The smallest absolute Gasteiger partial charge is 0.310 e. The molecule has 0 atom stereocenters. The molecule has 1 heterocycles. The molecular weight excluding hydrogens is 256 g/mol. The highest BCUT2D eigenvalue weighted by atomic mass is 16.4. The number of anilines is 1. The molecule has 1 fully saturated rings. The van der Waals surface area contributed by atoms with E-state index in [-0.39, 0.29) is 12.3 Å². The van der Waals surface area contributed by atoms with Crippen LogP contribution in [0.2, 0.25) is 0 Å². The zero-order valence-corrected chi connectivity index (χ0v) is 11.5. The van der Waals surface area contributed by atoms with Gasteiger partial charge in [-0.1, -0.05) is 25.7 Å². The van der Waals surface area contributed by atoms with Crippen molar-refractivity contribution >= 4 is 17.6 Å². The third kappa shape index (κ3) is 3.56. The Hall–Kier alpha value is -1.91. The van der Waals surface area contributed by atoms with Gasteiger partial charge in [-0.25, -0.2) is 0 Å². The first-order valence-electron chi connectivity index (χ1n) is 7.06. The predicted molar refractivity (Wildman–Crippen MR) is 75.3 cm³/mol. The van der Waals surface area contributed by atoms with Crippen molar-refractivity contribution < 1.29 is 14.7 Å². The van der Waals surface area contributed by atoms with E-state index in [1.54, 1.807) is 24.5 Å². The topological polar surface area (TPSA) is 79.3 Å². The second-order valence-electron chi connectivity index (χ2n) is 5.47. The molecule has 2 N–H and O–H groups in total. The number of carbonyl (C=O) groups is 2. The number of rotatable bonds is 4. The predicted octanol–water partition coefficient (Wildman–Crippen LogP) is 2.84. The number of pyridine rings is 1. The summed E-state index contributed by atoms with van der Waals surface area (Å²) < 4.78 is 0. The molecule has 0 aromatic carbocycles. The number of carboxylic acid groups (broad SMARTS) is 1. The van der Waals surface area contributed by atoms with E-state index in [9.17, 15) is 14.7 Å². The average molecular weight is 276 g/mol. The number of hydrogen-bond acceptors (Lipinski definition) is 3. The zero-order valence-electron chi connectivity index (χ0n) is 11.5. The molecule has 1 aliphatic rings. The first kappa shape index (κ1) is 14.5. The van der Waals surface area contributed by atoms with Crippen molar-refractivity contribution in [1.82, 2.24) is 4.98 Å². The molecule has 5 nitrogen and oxygen atoms in total. The van der Waals surface area contributed by atoms with E-state index in [1.165, 1.54) is 0 Å². The lowest BCUT2D eigenvalue weighted by atomic mass is 9.77. The second kappa shape index (κ2) is 6.50. The van der Waals surface area contributed by atoms with Gasteiger partial charge in [0.2, 0.25) is 5.91 Å². The van der Waals surface area contributed by atoms with Crippen molar-refractivity contribution in [2.24, 2.45) is 5.41 Å². The molecule has 1 saturated carbocycles. The Morgan fingerprint density at radius 2 is 1.95 bits per heavy atom. The number of aromatic nitrogens is 1. The number of carbonyl (C=O) groups excluding carboxylic acids is 1. The van der Waals surface area contributed by atoms with Crippen LogP contribution in [0.15, 0.2) is 24.5 Å². The Morgan fingerprint density at radius 1 is 1.25 bits per heavy atom. The van der Waals surface area contributed by atoms with Crippen LogP contribution in [0.3, 0.4) is 0 Å². The van der Waals surface area contributed by atoms with Crippen LogP contribution >= 0.6 is 0 Å². The molecule has 20 heavy (non-hydrogen) atoms. The van der Waals surface area contributed by atoms with Crippen molar-refractivity contribution in [3.63, 3.8) is 0 Å². The highest BCUT2D eigenvalue weighted by molar-refractivity contribution is 5.94. The van der Waals surface area contributed by atoms with E-state index in [1.807, 2.05) is 0 Å². The van der Waals surface area contributed by atoms with Gasteiger partial charge in [0.15, 0.2) is 0 Å². The lowest BCUT2D eigenvalue weighted by Crippen LogP contribution is -2.35. The van der Waals surface area contributed by atoms with E-state index in [4.69, 9.17) is 0 Å². The zero-order chi connectivity index (χ0) is 14.4. The molecule has 108 valence electrons. The standard InChI is InChI=1S/C15H20N2O3/c18-13(17-12-6-5-9-16-11-12)10-15(14(19)20)7-3-1-2-4-8-15/h5-6,9,11H,1-4,7-8,10H2,(H,17,18)(H,19,20). The summed E-state index contributed by atoms with van der Waals surface area (Å²) in [6.07, 6.45) is 8.26. The normalized spacial score (nSPS) is 18.0. The van der Waals surface area contributed by atoms with Gasteiger partial charge in [0.25, 0.3) is 0 Å². The van der Waals surface area contributed by atoms with Gasteiger partial charge in [-0.2, -0.15) is 0 Å². The Kier molecular flexibility index (Phi) is 4.71. The summed E-state index contributed by atoms with van der Waals surface area (Å²) in [5.74, 6) is -1.09. The van der Waals surface area contributed by atoms with Gasteiger partial charge in [-0.3, -0.25) is 14.6 Å². The Labute approximate surface area is 118 Å². The quantitative estimate of drug-likeness (QED) is 0.829. The summed E-state index contributed by atoms with van der Waals surface area (Å²) >= 11 is 0. The fraction of sp³-hybridized carbons (Fsp3) is 0.533. The Balaban J connectivity index is 2.04. The second-order valence-corrected chi connectivity index (χ2v) is 5.47. The van der Waals surface area contributed by atoms with Gasteiger partial charge in [0.05, 0.1) is 17.3 Å². The van der Waals surface area contributed by atoms with Crippen LogP contribution in [0.25, 0.3) is 0 Å². The molecule has 0 aliphatic heterocycles. The van der Waals surface area contributed by atoms with Crippen molar-refractivity contribution in [1.29, 1.82) is 0 Å². The lowest BCUT2D eigenvalue weighted by Gasteiger charge is -2.27. The number of nitrogens with zero attached hydrogens (tertiary/aromatic N) is 1. The fourth-order valence-electron chi connectivity index (χ4n) is 2.82. The van der Waals surface area contributed by atoms with Gasteiger partial charge >= 0.3 is 5.97 Å². The summed E-state index contributed by atoms with van der Waals surface area (Å²) in [5.41, 5.74) is -0.297. The van der Waals surface area contributed by atoms with Gasteiger partial charge in [0.1, 0.15) is 0 Å². The van der Waals surface area contributed by atoms with Crippen LogP contribution in [0, 0.1) is 5.41 Å². The maximum Gasteiger partial charge on any atom is 0.310 e. The summed E-state index contributed by atoms with van der Waals surface area (Å²) in [5, 5.41) is 12.3. The minimum absolute atomic E-state index is 0.0389. The summed E-state index contributed by atoms with van der Waals surface area (Å²) in [4.78, 5) is 27.6. The van der Waals surface area contributed by atoms with E-state index in [0.717, 1.165) is 25.7 Å². The number of amides is 1. The van der Waals surface area contributed by atoms with Gasteiger partial charge in [0, 0.05) is 12.6 Å². The molecule has 2 rings (SSSR count). The molecule has 0 radical (unpaired) electrons. The molecule has 1 aromatic heterocycles. The molecule has 1 aromatic rings. The molecule has 0 bridgehead atoms. The third-order valence-electron chi connectivity index (χ3n) is 3.96. The Morgan fingerprint density at radius 3 is 2.50 bits per heavy atom. The molecule has 5 heteroatoms. The lowest BCUT2D eigenvalue weighted by molar-refractivity contribution is -0.152. The molecule has 1 aliphatic carbocycles. The monoisotopic (exact) mass is 276 g/mol. The fourth-order valence-corrected chi connectivity index (χ4v) is 2.82. The molecule has 0 spiro atoms. The third-order valence-corrected chi connectivity index (χ3v) is 3.96. The minimum Gasteiger partial charge on any atom is -0.481 e. The highest BCUT2D eigenvalue weighted by Gasteiger charge is 2.40. The van der Waals surface area contributed by atoms with E-state index in [0.29, 0.717) is 18.5 Å². The molecular formula is C15H20N2O3. The van der Waals surface area contributed by atoms with Crippen molar-refractivity contribution in [3.05, 3.63) is 24.5 Å². The highest BCUT2D eigenvalue weighted by Crippen LogP contribution is 2.38. The molecule has 0 saturated heterocycles. The number of hydrogen-bond donors (Lipinski definition) is 2. The van der Waals surface area contributed by atoms with Gasteiger partial charge < -0.3 is 10.4 Å². The number of carboxylic acids is 1. The molecule has 1 amide bonds. The maximum atomic E-state index is 12.1. The van der Waals surface area contributed by atoms with Crippen molar-refractivity contribution in [2.45, 2.75) is 44.9 Å². The number of aliphatic carboxylic acids is 1. The van der Waals surface area contributed by atoms with E-state index < -0.39 is 11.4 Å². The maximum absolute atomic E-state index is 12.1. The van der Waals surface area contributed by atoms with Crippen molar-refractivity contribution in [3.8, 4) is 0 Å². The molecule has 0 unspecified atom stereocenters. The minimum atomic E-state index is -0.900. The van der Waals surface area contributed by atoms with E-state index >= 15 is 0 Å².